The first kappa shape index (κ1) is 29.0. The number of ketones is 1. The molecule has 5 aromatic carbocycles. The number of carbonyl (C=O) groups is 6. The Balaban J connectivity index is 1.20. The zero-order chi connectivity index (χ0) is 32.7. The molecule has 5 aromatic rings. The van der Waals surface area contributed by atoms with E-state index in [0.717, 1.165) is 15.4 Å². The van der Waals surface area contributed by atoms with Crippen LogP contribution in [0.25, 0.3) is 6.08 Å². The summed E-state index contributed by atoms with van der Waals surface area (Å²) in [5.41, 5.74) is 2.59. The van der Waals surface area contributed by atoms with E-state index >= 15 is 0 Å². The number of nitrogens with one attached hydrogen (secondary N) is 1. The van der Waals surface area contributed by atoms with Crippen molar-refractivity contribution in [1.82, 2.24) is 0 Å². The van der Waals surface area contributed by atoms with Crippen LogP contribution in [0.3, 0.4) is 0 Å². The normalized spacial score (nSPS) is 13.7. The summed E-state index contributed by atoms with van der Waals surface area (Å²) in [6.07, 6.45) is 3.13. The molecule has 1 N–H and O–H groups in total. The summed E-state index contributed by atoms with van der Waals surface area (Å²) >= 11 is 0. The zero-order valence-corrected chi connectivity index (χ0v) is 24.5. The van der Waals surface area contributed by atoms with E-state index in [1.165, 1.54) is 48.5 Å². The van der Waals surface area contributed by atoms with Crippen LogP contribution in [-0.2, 0) is 0 Å². The molecule has 0 spiro atoms. The third-order valence-corrected chi connectivity index (χ3v) is 7.92. The van der Waals surface area contributed by atoms with Crippen molar-refractivity contribution in [2.45, 2.75) is 0 Å². The van der Waals surface area contributed by atoms with Crippen LogP contribution in [0, 0.1) is 0 Å². The maximum Gasteiger partial charge on any atom is 0.266 e. The van der Waals surface area contributed by atoms with Crippen LogP contribution in [0.4, 0.5) is 17.1 Å². The molecule has 0 bridgehead atoms. The van der Waals surface area contributed by atoms with Crippen LogP contribution in [-0.4, -0.2) is 35.3 Å². The van der Waals surface area contributed by atoms with Crippen molar-refractivity contribution < 1.29 is 28.8 Å². The Kier molecular flexibility index (Phi) is 7.18. The molecule has 0 aromatic heterocycles. The summed E-state index contributed by atoms with van der Waals surface area (Å²) in [5.74, 6) is -3.12. The highest BCUT2D eigenvalue weighted by Gasteiger charge is 2.40. The average Bonchev–Trinajstić information content (AvgIpc) is 3.52. The van der Waals surface area contributed by atoms with E-state index in [4.69, 9.17) is 0 Å². The first-order valence-electron chi connectivity index (χ1n) is 14.6. The van der Waals surface area contributed by atoms with Gasteiger partial charge < -0.3 is 5.32 Å². The van der Waals surface area contributed by atoms with Gasteiger partial charge in [0.15, 0.2) is 5.78 Å². The molecule has 0 saturated carbocycles. The van der Waals surface area contributed by atoms with Crippen molar-refractivity contribution in [3.05, 3.63) is 166 Å². The van der Waals surface area contributed by atoms with Crippen LogP contribution >= 0.6 is 0 Å². The van der Waals surface area contributed by atoms with Crippen LogP contribution in [0.15, 0.2) is 127 Å². The largest absolute Gasteiger partial charge is 0.322 e. The molecule has 0 unspecified atom stereocenters. The molecule has 0 fully saturated rings. The number of imide groups is 2. The van der Waals surface area contributed by atoms with Crippen molar-refractivity contribution in [2.24, 2.45) is 0 Å². The van der Waals surface area contributed by atoms with Gasteiger partial charge in [-0.2, -0.15) is 0 Å². The fourth-order valence-electron chi connectivity index (χ4n) is 5.58. The lowest BCUT2D eigenvalue weighted by molar-refractivity contribution is 0.0912. The minimum Gasteiger partial charge on any atom is -0.322 e. The Morgan fingerprint density at radius 3 is 1.43 bits per heavy atom. The fourth-order valence-corrected chi connectivity index (χ4v) is 5.58. The Morgan fingerprint density at radius 1 is 0.511 bits per heavy atom. The minimum atomic E-state index is -0.608. The van der Waals surface area contributed by atoms with Gasteiger partial charge in [0.2, 0.25) is 0 Å². The number of nitrogens with zero attached hydrogens (tertiary/aromatic N) is 2. The molecule has 47 heavy (non-hydrogen) atoms. The van der Waals surface area contributed by atoms with Crippen LogP contribution < -0.4 is 15.1 Å². The van der Waals surface area contributed by atoms with Crippen molar-refractivity contribution in [1.29, 1.82) is 0 Å². The van der Waals surface area contributed by atoms with Gasteiger partial charge in [-0.25, -0.2) is 9.80 Å². The van der Waals surface area contributed by atoms with Crippen molar-refractivity contribution in [2.75, 3.05) is 15.1 Å². The maximum absolute atomic E-state index is 13.6. The lowest BCUT2D eigenvalue weighted by atomic mass is 10.1. The lowest BCUT2D eigenvalue weighted by Gasteiger charge is -2.20. The number of rotatable bonds is 7. The van der Waals surface area contributed by atoms with Crippen LogP contribution in [0.2, 0.25) is 0 Å². The van der Waals surface area contributed by atoms with E-state index in [1.54, 1.807) is 78.9 Å². The number of hydrogen-bond acceptors (Lipinski definition) is 6. The van der Waals surface area contributed by atoms with E-state index in [0.29, 0.717) is 11.3 Å². The molecule has 7 rings (SSSR count). The summed E-state index contributed by atoms with van der Waals surface area (Å²) in [4.78, 5) is 81.3. The summed E-state index contributed by atoms with van der Waals surface area (Å²) in [5, 5.41) is 2.78. The lowest BCUT2D eigenvalue weighted by Crippen LogP contribution is -2.32. The second-order valence-electron chi connectivity index (χ2n) is 10.9. The number of hydrogen-bond donors (Lipinski definition) is 1. The predicted octanol–water partition coefficient (Wildman–Crippen LogP) is 6.44. The van der Waals surface area contributed by atoms with Crippen LogP contribution in [0.5, 0.6) is 0 Å². The van der Waals surface area contributed by atoms with Gasteiger partial charge >= 0.3 is 0 Å². The Hall–Kier alpha value is -6.74. The van der Waals surface area contributed by atoms with Gasteiger partial charge in [0.1, 0.15) is 0 Å². The van der Waals surface area contributed by atoms with Gasteiger partial charge in [-0.05, 0) is 66.2 Å². The second-order valence-corrected chi connectivity index (χ2v) is 10.9. The molecular formula is C38H23N3O6. The van der Waals surface area contributed by atoms with Gasteiger partial charge in [0.05, 0.1) is 33.6 Å². The number of anilines is 3. The molecule has 9 heteroatoms. The van der Waals surface area contributed by atoms with Gasteiger partial charge in [0, 0.05) is 16.8 Å². The fraction of sp³-hybridized carbons (Fsp3) is 0. The third kappa shape index (κ3) is 5.21. The standard InChI is InChI=1S/C38H23N3O6/c42-33(24-8-2-1-3-9-24)19-16-23-14-17-26(18-15-23)39-34(43)25-20-27(40-35(44)29-10-4-5-11-30(29)36(40)45)22-28(21-25)41-37(46)31-12-6-7-13-32(31)38(41)47/h1-22H,(H,39,43)/b19-16+. The molecule has 9 nitrogen and oxygen atoms in total. The number of fused-ring (bicyclic) bond motifs is 2. The minimum absolute atomic E-state index is 0.00282. The van der Waals surface area contributed by atoms with Gasteiger partial charge in [-0.15, -0.1) is 0 Å². The molecule has 2 aliphatic rings. The monoisotopic (exact) mass is 617 g/mol. The molecule has 0 atom stereocenters. The Bertz CT molecular complexity index is 2020. The van der Waals surface area contributed by atoms with Gasteiger partial charge in [0.25, 0.3) is 29.5 Å². The van der Waals surface area contributed by atoms with E-state index < -0.39 is 29.5 Å². The predicted molar refractivity (Wildman–Crippen MR) is 176 cm³/mol. The summed E-state index contributed by atoms with van der Waals surface area (Å²) < 4.78 is 0. The second kappa shape index (κ2) is 11.6. The topological polar surface area (TPSA) is 121 Å². The highest BCUT2D eigenvalue weighted by atomic mass is 16.2. The first-order chi connectivity index (χ1) is 22.8. The smallest absolute Gasteiger partial charge is 0.266 e. The van der Waals surface area contributed by atoms with Crippen molar-refractivity contribution >= 4 is 58.5 Å². The molecule has 0 saturated heterocycles. The molecule has 2 aliphatic heterocycles. The van der Waals surface area contributed by atoms with Gasteiger partial charge in [-0.3, -0.25) is 28.8 Å². The number of carbonyl (C=O) groups excluding carboxylic acids is 6. The number of benzene rings is 5. The van der Waals surface area contributed by atoms with E-state index in [-0.39, 0.29) is 45.0 Å². The molecule has 0 aliphatic carbocycles. The number of allylic oxidation sites excluding steroid dienone is 1. The molecule has 2 heterocycles. The summed E-state index contributed by atoms with van der Waals surface area (Å²) in [6, 6.07) is 32.5. The first-order valence-corrected chi connectivity index (χ1v) is 14.6. The molecular weight excluding hydrogens is 594 g/mol. The highest BCUT2D eigenvalue weighted by Crippen LogP contribution is 2.35. The van der Waals surface area contributed by atoms with E-state index in [1.807, 2.05) is 6.07 Å². The molecule has 0 radical (unpaired) electrons. The van der Waals surface area contributed by atoms with E-state index in [9.17, 15) is 28.8 Å². The Labute approximate surface area is 268 Å². The van der Waals surface area contributed by atoms with Crippen LogP contribution in [0.1, 0.15) is 67.7 Å². The third-order valence-electron chi connectivity index (χ3n) is 7.92. The number of amides is 5. The van der Waals surface area contributed by atoms with E-state index in [2.05, 4.69) is 5.32 Å². The maximum atomic E-state index is 13.6. The van der Waals surface area contributed by atoms with Crippen molar-refractivity contribution in [3.63, 3.8) is 0 Å². The molecule has 5 amide bonds. The highest BCUT2D eigenvalue weighted by molar-refractivity contribution is 6.36. The molecule has 226 valence electrons. The summed E-state index contributed by atoms with van der Waals surface area (Å²) in [7, 11) is 0. The van der Waals surface area contributed by atoms with Gasteiger partial charge in [-0.1, -0.05) is 72.8 Å². The quantitative estimate of drug-likeness (QED) is 0.128. The SMILES string of the molecule is O=C(/C=C/c1ccc(NC(=O)c2cc(N3C(=O)c4ccccc4C3=O)cc(N3C(=O)c4ccccc4C3=O)c2)cc1)c1ccccc1. The average molecular weight is 618 g/mol. The van der Waals surface area contributed by atoms with Crippen molar-refractivity contribution in [3.8, 4) is 0 Å². The zero-order valence-electron chi connectivity index (χ0n) is 24.5. The summed E-state index contributed by atoms with van der Waals surface area (Å²) in [6.45, 7) is 0. The Morgan fingerprint density at radius 2 is 0.957 bits per heavy atom.